The summed E-state index contributed by atoms with van der Waals surface area (Å²) in [5, 5.41) is 2.64. The summed E-state index contributed by atoms with van der Waals surface area (Å²) in [6.45, 7) is 9.54. The van der Waals surface area contributed by atoms with Crippen molar-refractivity contribution in [3.63, 3.8) is 0 Å². The highest BCUT2D eigenvalue weighted by molar-refractivity contribution is 6.12. The summed E-state index contributed by atoms with van der Waals surface area (Å²) in [4.78, 5) is 2.47. The molecule has 54 heavy (non-hydrogen) atoms. The fourth-order valence-corrected chi connectivity index (χ4v) is 10.1. The molecule has 7 aromatic rings. The minimum atomic E-state index is -0.160. The highest BCUT2D eigenvalue weighted by atomic mass is 15.1. The maximum atomic E-state index is 2.50. The van der Waals surface area contributed by atoms with E-state index in [2.05, 4.69) is 201 Å². The van der Waals surface area contributed by atoms with Gasteiger partial charge in [0.15, 0.2) is 0 Å². The van der Waals surface area contributed by atoms with Crippen molar-refractivity contribution in [1.29, 1.82) is 0 Å². The number of hydrogen-bond donors (Lipinski definition) is 0. The molecule has 6 aromatic carbocycles. The zero-order valence-corrected chi connectivity index (χ0v) is 31.3. The molecule has 0 amide bonds. The predicted molar refractivity (Wildman–Crippen MR) is 227 cm³/mol. The number of aromatic nitrogens is 1. The van der Waals surface area contributed by atoms with Crippen molar-refractivity contribution in [3.05, 3.63) is 197 Å². The Morgan fingerprint density at radius 2 is 1.30 bits per heavy atom. The molecule has 0 radical (unpaired) electrons. The Kier molecular flexibility index (Phi) is 6.51. The zero-order chi connectivity index (χ0) is 36.3. The van der Waals surface area contributed by atoms with Gasteiger partial charge in [0.05, 0.1) is 16.7 Å². The van der Waals surface area contributed by atoms with Crippen molar-refractivity contribution in [2.45, 2.75) is 44.9 Å². The molecule has 0 saturated heterocycles. The van der Waals surface area contributed by atoms with Crippen LogP contribution in [0.5, 0.6) is 0 Å². The summed E-state index contributed by atoms with van der Waals surface area (Å²) in [6, 6.07) is 48.1. The van der Waals surface area contributed by atoms with Gasteiger partial charge in [-0.05, 0) is 111 Å². The fraction of sp³-hybridized carbons (Fsp3) is 0.154. The van der Waals surface area contributed by atoms with Gasteiger partial charge in [0.1, 0.15) is 0 Å². The van der Waals surface area contributed by atoms with E-state index in [1.165, 1.54) is 94.6 Å². The van der Waals surface area contributed by atoms with Gasteiger partial charge in [0, 0.05) is 44.6 Å². The predicted octanol–water partition coefficient (Wildman–Crippen LogP) is 13.5. The van der Waals surface area contributed by atoms with Crippen LogP contribution in [0, 0.1) is 5.92 Å². The van der Waals surface area contributed by atoms with Gasteiger partial charge in [-0.3, -0.25) is 0 Å². The Bertz CT molecular complexity index is 2850. The van der Waals surface area contributed by atoms with E-state index in [1.54, 1.807) is 0 Å². The van der Waals surface area contributed by atoms with Gasteiger partial charge in [-0.25, -0.2) is 0 Å². The highest BCUT2D eigenvalue weighted by Crippen LogP contribution is 2.52. The SMILES string of the molecule is CC1(C)c2cc(-c3ccc4c(c3)c3cccc5c3n4-c3ccccc3C5(C)C)ccc2-c2ccc(N(C3=CC=C4C=CC=CC4C3)c3ccccc3)cc21. The fourth-order valence-electron chi connectivity index (χ4n) is 10.1. The molecule has 2 heterocycles. The Morgan fingerprint density at radius 3 is 2.17 bits per heavy atom. The standard InChI is InChI=1S/C52H42N2/c1-51(2)44-18-10-11-20-49(44)54-48-28-23-35(30-43(48)42-17-12-19-45(51)50(42)54)36-22-26-40-41-27-25-39(32-47(41)52(3,4)46(40)31-36)53(37-15-6-5-7-16-37)38-24-21-33-13-8-9-14-34(33)29-38/h5-28,30-32,34H,29H2,1-4H3. The first-order valence-electron chi connectivity index (χ1n) is 19.4. The van der Waals surface area contributed by atoms with Crippen molar-refractivity contribution in [3.8, 4) is 27.9 Å². The van der Waals surface area contributed by atoms with Crippen LogP contribution in [0.4, 0.5) is 11.4 Å². The Hall–Kier alpha value is -6.12. The smallest absolute Gasteiger partial charge is 0.0582 e. The summed E-state index contributed by atoms with van der Waals surface area (Å²) in [5.74, 6) is 0.405. The molecule has 3 aliphatic carbocycles. The molecular formula is C52H42N2. The minimum absolute atomic E-state index is 0.0693. The second-order valence-electron chi connectivity index (χ2n) is 16.6. The number of anilines is 2. The van der Waals surface area contributed by atoms with E-state index in [0.29, 0.717) is 5.92 Å². The van der Waals surface area contributed by atoms with E-state index in [1.807, 2.05) is 0 Å². The molecule has 260 valence electrons. The molecule has 1 unspecified atom stereocenters. The lowest BCUT2D eigenvalue weighted by molar-refractivity contribution is 0.630. The molecule has 0 saturated carbocycles. The van der Waals surface area contributed by atoms with Crippen LogP contribution in [0.3, 0.4) is 0 Å². The third-order valence-corrected chi connectivity index (χ3v) is 12.9. The number of rotatable bonds is 4. The Labute approximate surface area is 317 Å². The number of benzene rings is 6. The monoisotopic (exact) mass is 694 g/mol. The summed E-state index contributed by atoms with van der Waals surface area (Å²) in [6.07, 6.45) is 14.5. The van der Waals surface area contributed by atoms with Gasteiger partial charge in [-0.2, -0.15) is 0 Å². The molecule has 0 spiro atoms. The first kappa shape index (κ1) is 31.4. The van der Waals surface area contributed by atoms with Gasteiger partial charge in [0.2, 0.25) is 0 Å². The van der Waals surface area contributed by atoms with Gasteiger partial charge >= 0.3 is 0 Å². The van der Waals surface area contributed by atoms with Crippen LogP contribution in [0.1, 0.15) is 56.4 Å². The number of allylic oxidation sites excluding steroid dienone is 8. The number of para-hydroxylation sites is 3. The lowest BCUT2D eigenvalue weighted by Crippen LogP contribution is -2.26. The van der Waals surface area contributed by atoms with Crippen LogP contribution in [-0.2, 0) is 10.8 Å². The average Bonchev–Trinajstić information content (AvgIpc) is 3.65. The van der Waals surface area contributed by atoms with Crippen molar-refractivity contribution in [1.82, 2.24) is 4.57 Å². The first-order valence-corrected chi connectivity index (χ1v) is 19.4. The topological polar surface area (TPSA) is 8.17 Å². The largest absolute Gasteiger partial charge is 0.314 e. The third kappa shape index (κ3) is 4.34. The van der Waals surface area contributed by atoms with Gasteiger partial charge in [0.25, 0.3) is 0 Å². The van der Waals surface area contributed by atoms with E-state index < -0.39 is 0 Å². The summed E-state index contributed by atoms with van der Waals surface area (Å²) in [7, 11) is 0. The molecule has 11 rings (SSSR count). The second-order valence-corrected chi connectivity index (χ2v) is 16.6. The Morgan fingerprint density at radius 1 is 0.574 bits per heavy atom. The second kappa shape index (κ2) is 11.2. The molecule has 2 heteroatoms. The van der Waals surface area contributed by atoms with Crippen molar-refractivity contribution < 1.29 is 0 Å². The molecular weight excluding hydrogens is 653 g/mol. The maximum absolute atomic E-state index is 2.50. The van der Waals surface area contributed by atoms with E-state index in [-0.39, 0.29) is 10.8 Å². The van der Waals surface area contributed by atoms with Crippen LogP contribution in [0.15, 0.2) is 175 Å². The number of hydrogen-bond acceptors (Lipinski definition) is 1. The van der Waals surface area contributed by atoms with Crippen molar-refractivity contribution >= 4 is 33.2 Å². The minimum Gasteiger partial charge on any atom is -0.314 e. The molecule has 2 nitrogen and oxygen atoms in total. The van der Waals surface area contributed by atoms with E-state index in [9.17, 15) is 0 Å². The first-order chi connectivity index (χ1) is 26.3. The van der Waals surface area contributed by atoms with Crippen LogP contribution < -0.4 is 4.90 Å². The van der Waals surface area contributed by atoms with Crippen molar-refractivity contribution in [2.24, 2.45) is 5.92 Å². The molecule has 4 aliphatic rings. The summed E-state index contributed by atoms with van der Waals surface area (Å²) >= 11 is 0. The lowest BCUT2D eigenvalue weighted by Gasteiger charge is -2.34. The Balaban J connectivity index is 1.01. The molecule has 1 aliphatic heterocycles. The van der Waals surface area contributed by atoms with E-state index in [0.717, 1.165) is 6.42 Å². The van der Waals surface area contributed by atoms with E-state index >= 15 is 0 Å². The zero-order valence-electron chi connectivity index (χ0n) is 31.3. The van der Waals surface area contributed by atoms with Gasteiger partial charge < -0.3 is 9.47 Å². The maximum Gasteiger partial charge on any atom is 0.0582 e. The third-order valence-electron chi connectivity index (χ3n) is 12.9. The number of fused-ring (bicyclic) bond motifs is 9. The molecule has 1 atom stereocenters. The molecule has 0 fully saturated rings. The van der Waals surface area contributed by atoms with Gasteiger partial charge in [-0.15, -0.1) is 0 Å². The van der Waals surface area contributed by atoms with Gasteiger partial charge in [-0.1, -0.05) is 137 Å². The van der Waals surface area contributed by atoms with Crippen molar-refractivity contribution in [2.75, 3.05) is 4.90 Å². The molecule has 1 aromatic heterocycles. The quantitative estimate of drug-likeness (QED) is 0.178. The summed E-state index contributed by atoms with van der Waals surface area (Å²) < 4.78 is 2.50. The molecule has 0 N–H and O–H groups in total. The van der Waals surface area contributed by atoms with E-state index in [4.69, 9.17) is 0 Å². The van der Waals surface area contributed by atoms with Crippen LogP contribution in [0.2, 0.25) is 0 Å². The van der Waals surface area contributed by atoms with Crippen LogP contribution in [0.25, 0.3) is 49.7 Å². The number of nitrogens with zero attached hydrogens (tertiary/aromatic N) is 2. The highest BCUT2D eigenvalue weighted by Gasteiger charge is 2.38. The van der Waals surface area contributed by atoms with Crippen LogP contribution >= 0.6 is 0 Å². The van der Waals surface area contributed by atoms with Crippen LogP contribution in [-0.4, -0.2) is 4.57 Å². The molecule has 0 bridgehead atoms. The average molecular weight is 695 g/mol. The normalized spacial score (nSPS) is 18.1. The summed E-state index contributed by atoms with van der Waals surface area (Å²) in [5.41, 5.74) is 19.5. The lowest BCUT2D eigenvalue weighted by atomic mass is 9.75.